The maximum Gasteiger partial charge on any atom is 0.112 e. The van der Waals surface area contributed by atoms with Gasteiger partial charge in [0.25, 0.3) is 0 Å². The number of nitrogens with two attached hydrogens (primary N) is 1. The van der Waals surface area contributed by atoms with Crippen LogP contribution in [0.1, 0.15) is 43.1 Å². The summed E-state index contributed by atoms with van der Waals surface area (Å²) in [5, 5.41) is 0. The van der Waals surface area contributed by atoms with Crippen molar-refractivity contribution in [3.05, 3.63) is 29.6 Å². The molecule has 1 saturated carbocycles. The number of fused-ring (bicyclic) bond motifs is 1. The van der Waals surface area contributed by atoms with E-state index in [9.17, 15) is 0 Å². The summed E-state index contributed by atoms with van der Waals surface area (Å²) in [5.41, 5.74) is 9.38. The van der Waals surface area contributed by atoms with E-state index in [1.54, 1.807) is 0 Å². The number of rotatable bonds is 2. The highest BCUT2D eigenvalue weighted by molar-refractivity contribution is 5.77. The van der Waals surface area contributed by atoms with Gasteiger partial charge in [-0.3, -0.25) is 0 Å². The van der Waals surface area contributed by atoms with E-state index >= 15 is 0 Å². The van der Waals surface area contributed by atoms with Crippen molar-refractivity contribution < 1.29 is 0 Å². The number of aryl methyl sites for hydroxylation is 1. The SMILES string of the molecule is CC(N)c1ccc2nc(C3CC3)n(C)c2c1. The summed E-state index contributed by atoms with van der Waals surface area (Å²) in [4.78, 5) is 4.70. The van der Waals surface area contributed by atoms with E-state index in [1.165, 1.54) is 29.7 Å². The highest BCUT2D eigenvalue weighted by atomic mass is 15.1. The lowest BCUT2D eigenvalue weighted by atomic mass is 10.1. The standard InChI is InChI=1S/C13H17N3/c1-8(14)10-5-6-11-12(7-10)16(2)13(15-11)9-3-4-9/h5-9H,3-4,14H2,1-2H3. The van der Waals surface area contributed by atoms with Crippen molar-refractivity contribution in [2.75, 3.05) is 0 Å². The Kier molecular flexibility index (Phi) is 2.04. The van der Waals surface area contributed by atoms with Gasteiger partial charge in [0.15, 0.2) is 0 Å². The zero-order valence-corrected chi connectivity index (χ0v) is 9.77. The van der Waals surface area contributed by atoms with Crippen LogP contribution < -0.4 is 5.73 Å². The van der Waals surface area contributed by atoms with Crippen LogP contribution in [0.3, 0.4) is 0 Å². The number of aromatic nitrogens is 2. The van der Waals surface area contributed by atoms with Gasteiger partial charge in [-0.15, -0.1) is 0 Å². The van der Waals surface area contributed by atoms with Crippen LogP contribution in [0.15, 0.2) is 18.2 Å². The third kappa shape index (κ3) is 1.43. The molecule has 0 saturated heterocycles. The average molecular weight is 215 g/mol. The first-order chi connectivity index (χ1) is 7.66. The lowest BCUT2D eigenvalue weighted by Gasteiger charge is -2.05. The molecule has 1 aliphatic rings. The Bertz CT molecular complexity index is 535. The molecule has 0 spiro atoms. The molecule has 1 fully saturated rings. The summed E-state index contributed by atoms with van der Waals surface area (Å²) in [7, 11) is 2.11. The molecule has 3 heteroatoms. The van der Waals surface area contributed by atoms with Crippen LogP contribution in [0, 0.1) is 0 Å². The van der Waals surface area contributed by atoms with Crippen LogP contribution in [-0.2, 0) is 7.05 Å². The maximum atomic E-state index is 5.90. The van der Waals surface area contributed by atoms with Gasteiger partial charge in [-0.25, -0.2) is 4.98 Å². The fraction of sp³-hybridized carbons (Fsp3) is 0.462. The zero-order valence-electron chi connectivity index (χ0n) is 9.77. The van der Waals surface area contributed by atoms with Gasteiger partial charge in [-0.1, -0.05) is 6.07 Å². The molecule has 0 amide bonds. The van der Waals surface area contributed by atoms with E-state index < -0.39 is 0 Å². The van der Waals surface area contributed by atoms with Crippen molar-refractivity contribution in [2.24, 2.45) is 12.8 Å². The highest BCUT2D eigenvalue weighted by Crippen LogP contribution is 2.40. The molecule has 0 aliphatic heterocycles. The van der Waals surface area contributed by atoms with Gasteiger partial charge in [0.1, 0.15) is 5.82 Å². The number of imidazole rings is 1. The van der Waals surface area contributed by atoms with Crippen molar-refractivity contribution in [1.82, 2.24) is 9.55 Å². The van der Waals surface area contributed by atoms with Gasteiger partial charge < -0.3 is 10.3 Å². The van der Waals surface area contributed by atoms with E-state index in [0.29, 0.717) is 5.92 Å². The summed E-state index contributed by atoms with van der Waals surface area (Å²) >= 11 is 0. The van der Waals surface area contributed by atoms with Gasteiger partial charge in [0.2, 0.25) is 0 Å². The highest BCUT2D eigenvalue weighted by Gasteiger charge is 2.28. The summed E-state index contributed by atoms with van der Waals surface area (Å²) in [6.45, 7) is 2.01. The monoisotopic (exact) mass is 215 g/mol. The molecule has 3 rings (SSSR count). The molecule has 1 aromatic carbocycles. The van der Waals surface area contributed by atoms with Gasteiger partial charge in [-0.2, -0.15) is 0 Å². The molecule has 2 aromatic rings. The van der Waals surface area contributed by atoms with E-state index in [4.69, 9.17) is 10.7 Å². The molecular formula is C13H17N3. The van der Waals surface area contributed by atoms with Crippen molar-refractivity contribution in [1.29, 1.82) is 0 Å². The van der Waals surface area contributed by atoms with E-state index in [-0.39, 0.29) is 6.04 Å². The lowest BCUT2D eigenvalue weighted by Crippen LogP contribution is -2.04. The number of hydrogen-bond acceptors (Lipinski definition) is 2. The second kappa shape index (κ2) is 3.32. The smallest absolute Gasteiger partial charge is 0.112 e. The number of hydrogen-bond donors (Lipinski definition) is 1. The molecule has 1 unspecified atom stereocenters. The molecule has 1 aliphatic carbocycles. The quantitative estimate of drug-likeness (QED) is 0.836. The van der Waals surface area contributed by atoms with Crippen molar-refractivity contribution in [3.8, 4) is 0 Å². The largest absolute Gasteiger partial charge is 0.331 e. The topological polar surface area (TPSA) is 43.8 Å². The Morgan fingerprint density at radius 2 is 2.19 bits per heavy atom. The third-order valence-corrected chi connectivity index (χ3v) is 3.41. The van der Waals surface area contributed by atoms with Crippen LogP contribution in [0.2, 0.25) is 0 Å². The fourth-order valence-corrected chi connectivity index (χ4v) is 2.22. The third-order valence-electron chi connectivity index (χ3n) is 3.41. The molecule has 3 nitrogen and oxygen atoms in total. The second-order valence-electron chi connectivity index (χ2n) is 4.84. The molecule has 84 valence electrons. The molecule has 0 radical (unpaired) electrons. The molecule has 0 bridgehead atoms. The number of nitrogens with zero attached hydrogens (tertiary/aromatic N) is 2. The van der Waals surface area contributed by atoms with Gasteiger partial charge >= 0.3 is 0 Å². The molecule has 1 atom stereocenters. The predicted octanol–water partition coefficient (Wildman–Crippen LogP) is 2.47. The minimum Gasteiger partial charge on any atom is -0.331 e. The van der Waals surface area contributed by atoms with Gasteiger partial charge in [-0.05, 0) is 37.5 Å². The van der Waals surface area contributed by atoms with Crippen molar-refractivity contribution in [2.45, 2.75) is 31.7 Å². The van der Waals surface area contributed by atoms with Crippen LogP contribution >= 0.6 is 0 Å². The summed E-state index contributed by atoms with van der Waals surface area (Å²) in [6.07, 6.45) is 2.58. The molecule has 1 heterocycles. The molecule has 16 heavy (non-hydrogen) atoms. The van der Waals surface area contributed by atoms with E-state index in [0.717, 1.165) is 5.52 Å². The Morgan fingerprint density at radius 1 is 1.44 bits per heavy atom. The Labute approximate surface area is 95.3 Å². The minimum atomic E-state index is 0.0867. The summed E-state index contributed by atoms with van der Waals surface area (Å²) < 4.78 is 2.22. The molecule has 1 aromatic heterocycles. The van der Waals surface area contributed by atoms with Crippen LogP contribution in [0.25, 0.3) is 11.0 Å². The fourth-order valence-electron chi connectivity index (χ4n) is 2.22. The van der Waals surface area contributed by atoms with Gasteiger partial charge in [0, 0.05) is 19.0 Å². The van der Waals surface area contributed by atoms with Crippen LogP contribution in [0.5, 0.6) is 0 Å². The summed E-state index contributed by atoms with van der Waals surface area (Å²) in [5.74, 6) is 1.92. The molecular weight excluding hydrogens is 198 g/mol. The summed E-state index contributed by atoms with van der Waals surface area (Å²) in [6, 6.07) is 6.42. The number of benzene rings is 1. The predicted molar refractivity (Wildman–Crippen MR) is 65.3 cm³/mol. The Balaban J connectivity index is 2.18. The van der Waals surface area contributed by atoms with Crippen molar-refractivity contribution in [3.63, 3.8) is 0 Å². The second-order valence-corrected chi connectivity index (χ2v) is 4.84. The van der Waals surface area contributed by atoms with Crippen LogP contribution in [0.4, 0.5) is 0 Å². The van der Waals surface area contributed by atoms with Crippen LogP contribution in [-0.4, -0.2) is 9.55 Å². The Morgan fingerprint density at radius 3 is 2.81 bits per heavy atom. The lowest BCUT2D eigenvalue weighted by molar-refractivity contribution is 0.808. The first-order valence-corrected chi connectivity index (χ1v) is 5.88. The normalized spacial score (nSPS) is 17.9. The van der Waals surface area contributed by atoms with E-state index in [1.807, 2.05) is 6.92 Å². The maximum absolute atomic E-state index is 5.90. The Hall–Kier alpha value is -1.35. The minimum absolute atomic E-state index is 0.0867. The van der Waals surface area contributed by atoms with Gasteiger partial charge in [0.05, 0.1) is 11.0 Å². The zero-order chi connectivity index (χ0) is 11.3. The van der Waals surface area contributed by atoms with E-state index in [2.05, 4.69) is 29.8 Å². The average Bonchev–Trinajstić information content (AvgIpc) is 3.04. The first kappa shape index (κ1) is 9.85. The first-order valence-electron chi connectivity index (χ1n) is 5.88. The van der Waals surface area contributed by atoms with Crippen molar-refractivity contribution >= 4 is 11.0 Å². The molecule has 2 N–H and O–H groups in total.